The average molecular weight is 459 g/mol. The summed E-state index contributed by atoms with van der Waals surface area (Å²) < 4.78 is 23.2. The monoisotopic (exact) mass is 458 g/mol. The van der Waals surface area contributed by atoms with Gasteiger partial charge in [-0.25, -0.2) is 0 Å². The van der Waals surface area contributed by atoms with Crippen molar-refractivity contribution in [3.63, 3.8) is 0 Å². The SMILES string of the molecule is CCOc1ccc(OCCOC2CC(C(=O)O)C2)c(-c2cc(=O)c3cccc(Cl)c3o2)c1. The van der Waals surface area contributed by atoms with Crippen LogP contribution in [0.5, 0.6) is 11.5 Å². The van der Waals surface area contributed by atoms with E-state index in [2.05, 4.69) is 0 Å². The second-order valence-electron chi connectivity index (χ2n) is 7.53. The number of carbonyl (C=O) groups is 1. The summed E-state index contributed by atoms with van der Waals surface area (Å²) >= 11 is 6.25. The Morgan fingerprint density at radius 1 is 1.16 bits per heavy atom. The molecule has 0 atom stereocenters. The largest absolute Gasteiger partial charge is 0.494 e. The Labute approximate surface area is 189 Å². The summed E-state index contributed by atoms with van der Waals surface area (Å²) in [7, 11) is 0. The fraction of sp³-hybridized carbons (Fsp3) is 0.333. The number of fused-ring (bicyclic) bond motifs is 1. The minimum Gasteiger partial charge on any atom is -0.494 e. The van der Waals surface area contributed by atoms with Crippen molar-refractivity contribution in [2.45, 2.75) is 25.9 Å². The number of hydrogen-bond acceptors (Lipinski definition) is 6. The lowest BCUT2D eigenvalue weighted by Gasteiger charge is -2.32. The fourth-order valence-electron chi connectivity index (χ4n) is 3.63. The molecule has 7 nitrogen and oxygen atoms in total. The summed E-state index contributed by atoms with van der Waals surface area (Å²) in [5, 5.41) is 9.69. The molecule has 8 heteroatoms. The molecule has 0 unspecified atom stereocenters. The topological polar surface area (TPSA) is 95.2 Å². The molecule has 4 rings (SSSR count). The molecule has 1 aromatic heterocycles. The Morgan fingerprint density at radius 2 is 1.97 bits per heavy atom. The minimum absolute atomic E-state index is 0.0554. The Bertz CT molecular complexity index is 1180. The number of carboxylic acids is 1. The second kappa shape index (κ2) is 9.63. The summed E-state index contributed by atoms with van der Waals surface area (Å²) in [5.41, 5.74) is 0.660. The Hall–Kier alpha value is -3.03. The standard InChI is InChI=1S/C24H23ClO7/c1-2-29-15-6-7-21(31-9-8-30-16-10-14(11-16)24(27)28)18(12-15)22-13-20(26)17-4-3-5-19(25)23(17)32-22/h3-7,12-14,16H,2,8-11H2,1H3,(H,27,28). The third kappa shape index (κ3) is 4.74. The van der Waals surface area contributed by atoms with Crippen LogP contribution in [0.15, 0.2) is 51.7 Å². The normalized spacial score (nSPS) is 17.7. The first kappa shape index (κ1) is 22.2. The summed E-state index contributed by atoms with van der Waals surface area (Å²) in [6.07, 6.45) is 0.986. The van der Waals surface area contributed by atoms with Crippen LogP contribution in [0.25, 0.3) is 22.3 Å². The van der Waals surface area contributed by atoms with Gasteiger partial charge in [0.1, 0.15) is 23.9 Å². The van der Waals surface area contributed by atoms with Crippen LogP contribution in [0.2, 0.25) is 5.02 Å². The number of aliphatic carboxylic acids is 1. The Morgan fingerprint density at radius 3 is 2.72 bits per heavy atom. The number of hydrogen-bond donors (Lipinski definition) is 1. The average Bonchev–Trinajstić information content (AvgIpc) is 2.73. The van der Waals surface area contributed by atoms with Gasteiger partial charge in [0.05, 0.1) is 41.2 Å². The zero-order valence-electron chi connectivity index (χ0n) is 17.5. The predicted molar refractivity (Wildman–Crippen MR) is 120 cm³/mol. The van der Waals surface area contributed by atoms with Crippen molar-refractivity contribution in [3.8, 4) is 22.8 Å². The molecule has 1 N–H and O–H groups in total. The molecule has 1 aliphatic carbocycles. The maximum atomic E-state index is 12.6. The third-order valence-electron chi connectivity index (χ3n) is 5.37. The highest BCUT2D eigenvalue weighted by molar-refractivity contribution is 6.34. The molecule has 0 amide bonds. The van der Waals surface area contributed by atoms with E-state index < -0.39 is 5.97 Å². The van der Waals surface area contributed by atoms with Crippen molar-refractivity contribution in [2.75, 3.05) is 19.8 Å². The number of benzene rings is 2. The molecular formula is C24H23ClO7. The molecule has 1 aliphatic rings. The van der Waals surface area contributed by atoms with E-state index in [9.17, 15) is 9.59 Å². The van der Waals surface area contributed by atoms with Gasteiger partial charge in [-0.1, -0.05) is 17.7 Å². The Balaban J connectivity index is 1.54. The van der Waals surface area contributed by atoms with E-state index in [0.717, 1.165) is 0 Å². The van der Waals surface area contributed by atoms with E-state index in [-0.39, 0.29) is 24.1 Å². The van der Waals surface area contributed by atoms with Gasteiger partial charge in [-0.2, -0.15) is 0 Å². The molecule has 0 radical (unpaired) electrons. The van der Waals surface area contributed by atoms with Crippen LogP contribution in [0.4, 0.5) is 0 Å². The first-order valence-corrected chi connectivity index (χ1v) is 10.8. The van der Waals surface area contributed by atoms with Gasteiger partial charge in [-0.05, 0) is 50.1 Å². The van der Waals surface area contributed by atoms with E-state index in [0.29, 0.717) is 64.9 Å². The summed E-state index contributed by atoms with van der Waals surface area (Å²) in [4.78, 5) is 23.5. The van der Waals surface area contributed by atoms with Gasteiger partial charge in [0.25, 0.3) is 0 Å². The van der Waals surface area contributed by atoms with Gasteiger partial charge >= 0.3 is 5.97 Å². The molecule has 0 saturated heterocycles. The highest BCUT2D eigenvalue weighted by Crippen LogP contribution is 2.36. The number of ether oxygens (including phenoxy) is 3. The highest BCUT2D eigenvalue weighted by Gasteiger charge is 2.35. The van der Waals surface area contributed by atoms with Crippen LogP contribution < -0.4 is 14.9 Å². The predicted octanol–water partition coefficient (Wildman–Crippen LogP) is 4.77. The number of halogens is 1. The first-order valence-electron chi connectivity index (χ1n) is 10.4. The van der Waals surface area contributed by atoms with Crippen molar-refractivity contribution >= 4 is 28.5 Å². The molecule has 2 aromatic carbocycles. The molecule has 0 aliphatic heterocycles. The van der Waals surface area contributed by atoms with Gasteiger partial charge in [0.2, 0.25) is 0 Å². The molecule has 1 heterocycles. The fourth-order valence-corrected chi connectivity index (χ4v) is 3.84. The van der Waals surface area contributed by atoms with Crippen LogP contribution in [0.3, 0.4) is 0 Å². The van der Waals surface area contributed by atoms with E-state index >= 15 is 0 Å². The maximum absolute atomic E-state index is 12.6. The number of carboxylic acid groups (broad SMARTS) is 1. The lowest BCUT2D eigenvalue weighted by molar-refractivity contribution is -0.151. The molecule has 1 fully saturated rings. The van der Waals surface area contributed by atoms with Crippen LogP contribution in [0.1, 0.15) is 19.8 Å². The maximum Gasteiger partial charge on any atom is 0.306 e. The van der Waals surface area contributed by atoms with E-state index in [1.807, 2.05) is 6.92 Å². The third-order valence-corrected chi connectivity index (χ3v) is 5.67. The minimum atomic E-state index is -0.780. The molecule has 1 saturated carbocycles. The van der Waals surface area contributed by atoms with Gasteiger partial charge < -0.3 is 23.7 Å². The molecule has 0 spiro atoms. The van der Waals surface area contributed by atoms with Crippen LogP contribution in [-0.4, -0.2) is 37.0 Å². The van der Waals surface area contributed by atoms with Gasteiger partial charge in [0.15, 0.2) is 11.0 Å². The smallest absolute Gasteiger partial charge is 0.306 e. The van der Waals surface area contributed by atoms with Crippen molar-refractivity contribution in [1.29, 1.82) is 0 Å². The lowest BCUT2D eigenvalue weighted by atomic mass is 9.82. The quantitative estimate of drug-likeness (QED) is 0.461. The molecule has 0 bridgehead atoms. The van der Waals surface area contributed by atoms with Crippen LogP contribution in [0, 0.1) is 5.92 Å². The highest BCUT2D eigenvalue weighted by atomic mass is 35.5. The van der Waals surface area contributed by atoms with Crippen molar-refractivity contribution in [1.82, 2.24) is 0 Å². The molecule has 3 aromatic rings. The molecule has 168 valence electrons. The van der Waals surface area contributed by atoms with Gasteiger partial charge in [-0.3, -0.25) is 9.59 Å². The Kier molecular flexibility index (Phi) is 6.67. The number of rotatable bonds is 9. The molecular weight excluding hydrogens is 436 g/mol. The summed E-state index contributed by atoms with van der Waals surface area (Å²) in [6.45, 7) is 2.94. The second-order valence-corrected chi connectivity index (χ2v) is 7.94. The summed E-state index contributed by atoms with van der Waals surface area (Å²) in [6, 6.07) is 11.7. The van der Waals surface area contributed by atoms with Crippen molar-refractivity contribution in [2.24, 2.45) is 5.92 Å². The van der Waals surface area contributed by atoms with Crippen molar-refractivity contribution < 1.29 is 28.5 Å². The zero-order valence-corrected chi connectivity index (χ0v) is 18.3. The van der Waals surface area contributed by atoms with E-state index in [4.69, 9.17) is 35.3 Å². The summed E-state index contributed by atoms with van der Waals surface area (Å²) in [5.74, 6) is 0.334. The lowest BCUT2D eigenvalue weighted by Crippen LogP contribution is -2.37. The molecule has 32 heavy (non-hydrogen) atoms. The van der Waals surface area contributed by atoms with Crippen LogP contribution in [-0.2, 0) is 9.53 Å². The van der Waals surface area contributed by atoms with E-state index in [1.54, 1.807) is 36.4 Å². The van der Waals surface area contributed by atoms with Crippen LogP contribution >= 0.6 is 11.6 Å². The van der Waals surface area contributed by atoms with Gasteiger partial charge in [0, 0.05) is 6.07 Å². The first-order chi connectivity index (χ1) is 15.5. The number of para-hydroxylation sites is 1. The van der Waals surface area contributed by atoms with E-state index in [1.165, 1.54) is 6.07 Å². The van der Waals surface area contributed by atoms with Gasteiger partial charge in [-0.15, -0.1) is 0 Å². The van der Waals surface area contributed by atoms with Crippen molar-refractivity contribution in [3.05, 3.63) is 57.7 Å². The zero-order chi connectivity index (χ0) is 22.7.